The summed E-state index contributed by atoms with van der Waals surface area (Å²) in [5, 5.41) is 7.65. The highest BCUT2D eigenvalue weighted by Gasteiger charge is 2.18. The van der Waals surface area contributed by atoms with E-state index in [2.05, 4.69) is 10.2 Å². The van der Waals surface area contributed by atoms with Crippen LogP contribution in [0, 0.1) is 5.82 Å². The minimum absolute atomic E-state index is 0.139. The van der Waals surface area contributed by atoms with Gasteiger partial charge in [0.1, 0.15) is 11.6 Å². The topological polar surface area (TPSA) is 74.5 Å². The number of ether oxygens (including phenoxy) is 2. The second kappa shape index (κ2) is 7.57. The van der Waals surface area contributed by atoms with Crippen molar-refractivity contribution in [1.82, 2.24) is 10.2 Å². The number of halogens is 1. The van der Waals surface area contributed by atoms with Gasteiger partial charge < -0.3 is 13.9 Å². The third kappa shape index (κ3) is 4.41. The van der Waals surface area contributed by atoms with Gasteiger partial charge in [-0.25, -0.2) is 9.18 Å². The minimum atomic E-state index is -0.776. The van der Waals surface area contributed by atoms with E-state index in [4.69, 9.17) is 13.9 Å². The number of para-hydroxylation sites is 1. The third-order valence-electron chi connectivity index (χ3n) is 3.28. The molecule has 0 amide bonds. The molecule has 1 heterocycles. The van der Waals surface area contributed by atoms with Crippen LogP contribution in [0.15, 0.2) is 59.0 Å². The number of carbonyl (C=O) groups excluding carboxylic acids is 1. The van der Waals surface area contributed by atoms with Crippen molar-refractivity contribution in [3.05, 3.63) is 66.3 Å². The van der Waals surface area contributed by atoms with E-state index in [1.807, 2.05) is 18.2 Å². The fourth-order valence-corrected chi connectivity index (χ4v) is 2.02. The molecule has 2 aromatic carbocycles. The molecule has 0 bridgehead atoms. The maximum Gasteiger partial charge on any atom is 0.347 e. The molecule has 0 saturated carbocycles. The van der Waals surface area contributed by atoms with Crippen LogP contribution in [0.25, 0.3) is 11.5 Å². The summed E-state index contributed by atoms with van der Waals surface area (Å²) in [7, 11) is 0. The first-order chi connectivity index (χ1) is 12.1. The van der Waals surface area contributed by atoms with Gasteiger partial charge in [-0.2, -0.15) is 0 Å². The number of hydrogen-bond acceptors (Lipinski definition) is 6. The van der Waals surface area contributed by atoms with Gasteiger partial charge in [-0.15, -0.1) is 10.2 Å². The third-order valence-corrected chi connectivity index (χ3v) is 3.28. The van der Waals surface area contributed by atoms with Crippen LogP contribution in [-0.2, 0) is 16.1 Å². The van der Waals surface area contributed by atoms with E-state index in [-0.39, 0.29) is 24.2 Å². The summed E-state index contributed by atoms with van der Waals surface area (Å²) in [5.74, 6) is 0.0257. The molecule has 1 atom stereocenters. The number of benzene rings is 2. The number of rotatable bonds is 6. The van der Waals surface area contributed by atoms with Gasteiger partial charge in [-0.3, -0.25) is 0 Å². The van der Waals surface area contributed by atoms with E-state index in [0.717, 1.165) is 0 Å². The quantitative estimate of drug-likeness (QED) is 0.639. The Labute approximate surface area is 143 Å². The smallest absolute Gasteiger partial charge is 0.347 e. The molecule has 0 spiro atoms. The first-order valence-corrected chi connectivity index (χ1v) is 7.58. The summed E-state index contributed by atoms with van der Waals surface area (Å²) >= 11 is 0. The van der Waals surface area contributed by atoms with Gasteiger partial charge in [-0.05, 0) is 43.3 Å². The Morgan fingerprint density at radius 2 is 1.84 bits per heavy atom. The van der Waals surface area contributed by atoms with Gasteiger partial charge in [0.2, 0.25) is 5.89 Å². The first-order valence-electron chi connectivity index (χ1n) is 7.58. The SMILES string of the molecule is CC(Oc1ccccc1)C(=O)OCc1nnc(-c2ccc(F)cc2)o1. The molecule has 0 aliphatic heterocycles. The molecule has 128 valence electrons. The van der Waals surface area contributed by atoms with Crippen molar-refractivity contribution in [3.8, 4) is 17.2 Å². The fraction of sp³-hybridized carbons (Fsp3) is 0.167. The standard InChI is InChI=1S/C18H15FN2O4/c1-12(24-15-5-3-2-4-6-15)18(22)23-11-16-20-21-17(25-16)13-7-9-14(19)10-8-13/h2-10,12H,11H2,1H3. The van der Waals surface area contributed by atoms with Crippen molar-refractivity contribution in [1.29, 1.82) is 0 Å². The van der Waals surface area contributed by atoms with Crippen LogP contribution < -0.4 is 4.74 Å². The monoisotopic (exact) mass is 342 g/mol. The largest absolute Gasteiger partial charge is 0.479 e. The number of nitrogens with zero attached hydrogens (tertiary/aromatic N) is 2. The predicted octanol–water partition coefficient (Wildman–Crippen LogP) is 3.39. The minimum Gasteiger partial charge on any atom is -0.479 e. The Hall–Kier alpha value is -3.22. The molecule has 0 aliphatic rings. The molecule has 3 rings (SSSR count). The molecule has 25 heavy (non-hydrogen) atoms. The molecular formula is C18H15FN2O4. The van der Waals surface area contributed by atoms with Gasteiger partial charge in [0.05, 0.1) is 0 Å². The summed E-state index contributed by atoms with van der Waals surface area (Å²) in [4.78, 5) is 12.0. The highest BCUT2D eigenvalue weighted by atomic mass is 19.1. The van der Waals surface area contributed by atoms with Gasteiger partial charge >= 0.3 is 5.97 Å². The van der Waals surface area contributed by atoms with Crippen LogP contribution in [-0.4, -0.2) is 22.3 Å². The van der Waals surface area contributed by atoms with Gasteiger partial charge in [-0.1, -0.05) is 18.2 Å². The summed E-state index contributed by atoms with van der Waals surface area (Å²) in [6.07, 6.45) is -0.776. The molecule has 0 fully saturated rings. The van der Waals surface area contributed by atoms with Crippen molar-refractivity contribution in [2.45, 2.75) is 19.6 Å². The number of carbonyl (C=O) groups is 1. The summed E-state index contributed by atoms with van der Waals surface area (Å²) in [6, 6.07) is 14.6. The molecule has 1 unspecified atom stereocenters. The molecule has 0 saturated heterocycles. The van der Waals surface area contributed by atoms with Gasteiger partial charge in [0.15, 0.2) is 12.7 Å². The Morgan fingerprint density at radius 1 is 1.12 bits per heavy atom. The van der Waals surface area contributed by atoms with Crippen molar-refractivity contribution in [3.63, 3.8) is 0 Å². The molecule has 7 heteroatoms. The van der Waals surface area contributed by atoms with Crippen molar-refractivity contribution < 1.29 is 23.1 Å². The zero-order valence-electron chi connectivity index (χ0n) is 13.4. The molecular weight excluding hydrogens is 327 g/mol. The molecule has 3 aromatic rings. The van der Waals surface area contributed by atoms with Crippen molar-refractivity contribution in [2.24, 2.45) is 0 Å². The Bertz CT molecular complexity index is 834. The molecule has 0 radical (unpaired) electrons. The Morgan fingerprint density at radius 3 is 2.56 bits per heavy atom. The highest BCUT2D eigenvalue weighted by molar-refractivity contribution is 5.74. The van der Waals surface area contributed by atoms with Crippen molar-refractivity contribution in [2.75, 3.05) is 0 Å². The second-order valence-electron chi connectivity index (χ2n) is 5.19. The van der Waals surface area contributed by atoms with Gasteiger partial charge in [0, 0.05) is 5.56 Å². The summed E-state index contributed by atoms with van der Waals surface area (Å²) < 4.78 is 28.9. The van der Waals surface area contributed by atoms with Crippen LogP contribution >= 0.6 is 0 Å². The number of hydrogen-bond donors (Lipinski definition) is 0. The van der Waals surface area contributed by atoms with Crippen molar-refractivity contribution >= 4 is 5.97 Å². The fourth-order valence-electron chi connectivity index (χ4n) is 2.02. The lowest BCUT2D eigenvalue weighted by Gasteiger charge is -2.12. The highest BCUT2D eigenvalue weighted by Crippen LogP contribution is 2.18. The van der Waals surface area contributed by atoms with Gasteiger partial charge in [0.25, 0.3) is 5.89 Å². The van der Waals surface area contributed by atoms with E-state index in [0.29, 0.717) is 11.3 Å². The number of aromatic nitrogens is 2. The van der Waals surface area contributed by atoms with Crippen LogP contribution in [0.3, 0.4) is 0 Å². The van der Waals surface area contributed by atoms with E-state index in [9.17, 15) is 9.18 Å². The van der Waals surface area contributed by atoms with Crippen LogP contribution in [0.4, 0.5) is 4.39 Å². The zero-order chi connectivity index (χ0) is 17.6. The lowest BCUT2D eigenvalue weighted by atomic mass is 10.2. The second-order valence-corrected chi connectivity index (χ2v) is 5.19. The zero-order valence-corrected chi connectivity index (χ0v) is 13.4. The van der Waals surface area contributed by atoms with Crippen LogP contribution in [0.5, 0.6) is 5.75 Å². The first kappa shape index (κ1) is 16.6. The lowest BCUT2D eigenvalue weighted by Crippen LogP contribution is -2.26. The van der Waals surface area contributed by atoms with Crippen LogP contribution in [0.2, 0.25) is 0 Å². The Balaban J connectivity index is 1.54. The summed E-state index contributed by atoms with van der Waals surface area (Å²) in [6.45, 7) is 1.42. The maximum atomic E-state index is 12.9. The van der Waals surface area contributed by atoms with E-state index in [1.165, 1.54) is 24.3 Å². The normalized spacial score (nSPS) is 11.8. The predicted molar refractivity (Wildman–Crippen MR) is 86.0 cm³/mol. The molecule has 6 nitrogen and oxygen atoms in total. The Kier molecular flexibility index (Phi) is 5.03. The van der Waals surface area contributed by atoms with E-state index in [1.54, 1.807) is 19.1 Å². The maximum absolute atomic E-state index is 12.9. The van der Waals surface area contributed by atoms with E-state index < -0.39 is 12.1 Å². The summed E-state index contributed by atoms with van der Waals surface area (Å²) in [5.41, 5.74) is 0.576. The molecule has 0 aliphatic carbocycles. The van der Waals surface area contributed by atoms with E-state index >= 15 is 0 Å². The molecule has 0 N–H and O–H groups in total. The average molecular weight is 342 g/mol. The van der Waals surface area contributed by atoms with Crippen LogP contribution in [0.1, 0.15) is 12.8 Å². The average Bonchev–Trinajstić information content (AvgIpc) is 3.10. The number of esters is 1. The lowest BCUT2D eigenvalue weighted by molar-refractivity contribution is -0.153. The molecule has 1 aromatic heterocycles.